The number of benzene rings is 2. The standard InChI is InChI=1S/C19H19F2NO5/c1-26-16-8-7-12(10-15(16)21)18(19(24)25)22-17(23)6-3-9-27-14-5-2-4-13(20)11-14/h2,4-5,7-8,10-11,18H,3,6,9H2,1H3,(H,22,23)(H,24,25). The average molecular weight is 379 g/mol. The van der Waals surface area contributed by atoms with Crippen LogP contribution in [0.4, 0.5) is 8.78 Å². The first kappa shape index (κ1) is 20.2. The van der Waals surface area contributed by atoms with E-state index in [1.54, 1.807) is 6.07 Å². The van der Waals surface area contributed by atoms with E-state index in [0.29, 0.717) is 12.2 Å². The Morgan fingerprint density at radius 2 is 1.96 bits per heavy atom. The number of methoxy groups -OCH3 is 1. The van der Waals surface area contributed by atoms with Crippen LogP contribution in [0.5, 0.6) is 11.5 Å². The second kappa shape index (κ2) is 9.51. The van der Waals surface area contributed by atoms with E-state index >= 15 is 0 Å². The van der Waals surface area contributed by atoms with Crippen molar-refractivity contribution < 1.29 is 33.0 Å². The highest BCUT2D eigenvalue weighted by atomic mass is 19.1. The van der Waals surface area contributed by atoms with Crippen LogP contribution >= 0.6 is 0 Å². The number of aliphatic carboxylic acids is 1. The number of ether oxygens (including phenoxy) is 2. The zero-order valence-electron chi connectivity index (χ0n) is 14.6. The summed E-state index contributed by atoms with van der Waals surface area (Å²) < 4.78 is 36.9. The van der Waals surface area contributed by atoms with Gasteiger partial charge in [-0.2, -0.15) is 0 Å². The number of amides is 1. The lowest BCUT2D eigenvalue weighted by Gasteiger charge is -2.16. The maximum atomic E-state index is 13.8. The molecule has 144 valence electrons. The quantitative estimate of drug-likeness (QED) is 0.654. The maximum Gasteiger partial charge on any atom is 0.330 e. The highest BCUT2D eigenvalue weighted by molar-refractivity contribution is 5.84. The summed E-state index contributed by atoms with van der Waals surface area (Å²) >= 11 is 0. The Morgan fingerprint density at radius 1 is 1.19 bits per heavy atom. The van der Waals surface area contributed by atoms with Crippen LogP contribution in [0.25, 0.3) is 0 Å². The van der Waals surface area contributed by atoms with E-state index in [9.17, 15) is 23.5 Å². The van der Waals surface area contributed by atoms with Gasteiger partial charge in [-0.15, -0.1) is 0 Å². The largest absolute Gasteiger partial charge is 0.494 e. The van der Waals surface area contributed by atoms with Gasteiger partial charge in [-0.05, 0) is 36.2 Å². The van der Waals surface area contributed by atoms with E-state index in [2.05, 4.69) is 5.32 Å². The molecular formula is C19H19F2NO5. The number of carboxylic acids is 1. The molecule has 2 rings (SSSR count). The van der Waals surface area contributed by atoms with Crippen molar-refractivity contribution in [3.05, 3.63) is 59.7 Å². The van der Waals surface area contributed by atoms with Gasteiger partial charge in [0.2, 0.25) is 5.91 Å². The van der Waals surface area contributed by atoms with Crippen molar-refractivity contribution in [1.82, 2.24) is 5.32 Å². The smallest absolute Gasteiger partial charge is 0.330 e. The van der Waals surface area contributed by atoms with Crippen LogP contribution < -0.4 is 14.8 Å². The summed E-state index contributed by atoms with van der Waals surface area (Å²) in [4.78, 5) is 23.4. The first-order valence-corrected chi connectivity index (χ1v) is 8.14. The molecule has 0 radical (unpaired) electrons. The van der Waals surface area contributed by atoms with Gasteiger partial charge in [0, 0.05) is 12.5 Å². The molecule has 8 heteroatoms. The second-order valence-corrected chi connectivity index (χ2v) is 5.64. The number of nitrogens with one attached hydrogen (secondary N) is 1. The van der Waals surface area contributed by atoms with Gasteiger partial charge in [0.1, 0.15) is 11.6 Å². The van der Waals surface area contributed by atoms with Gasteiger partial charge in [-0.3, -0.25) is 4.79 Å². The first-order valence-electron chi connectivity index (χ1n) is 8.14. The molecule has 2 aromatic rings. The van der Waals surface area contributed by atoms with E-state index in [1.807, 2.05) is 0 Å². The number of rotatable bonds is 9. The third-order valence-corrected chi connectivity index (χ3v) is 3.67. The van der Waals surface area contributed by atoms with Crippen molar-refractivity contribution in [3.63, 3.8) is 0 Å². The summed E-state index contributed by atoms with van der Waals surface area (Å²) in [6.07, 6.45) is 0.295. The minimum absolute atomic E-state index is 0.00225. The first-order chi connectivity index (χ1) is 12.9. The van der Waals surface area contributed by atoms with Crippen LogP contribution in [0.1, 0.15) is 24.4 Å². The van der Waals surface area contributed by atoms with E-state index < -0.39 is 29.6 Å². The number of carboxylic acid groups (broad SMARTS) is 1. The topological polar surface area (TPSA) is 84.9 Å². The summed E-state index contributed by atoms with van der Waals surface area (Å²) in [7, 11) is 1.29. The van der Waals surface area contributed by atoms with E-state index in [0.717, 1.165) is 6.07 Å². The molecule has 0 aliphatic rings. The van der Waals surface area contributed by atoms with E-state index in [-0.39, 0.29) is 24.3 Å². The molecule has 0 aliphatic heterocycles. The Labute approximate surface area is 154 Å². The van der Waals surface area contributed by atoms with Crippen molar-refractivity contribution in [1.29, 1.82) is 0 Å². The minimum atomic E-state index is -1.39. The van der Waals surface area contributed by atoms with Crippen LogP contribution in [0.15, 0.2) is 42.5 Å². The molecule has 27 heavy (non-hydrogen) atoms. The van der Waals surface area contributed by atoms with Gasteiger partial charge in [-0.1, -0.05) is 12.1 Å². The molecule has 1 unspecified atom stereocenters. The predicted molar refractivity (Wildman–Crippen MR) is 92.6 cm³/mol. The monoisotopic (exact) mass is 379 g/mol. The van der Waals surface area contributed by atoms with E-state index in [1.165, 1.54) is 37.4 Å². The highest BCUT2D eigenvalue weighted by Gasteiger charge is 2.23. The van der Waals surface area contributed by atoms with Crippen molar-refractivity contribution in [2.45, 2.75) is 18.9 Å². The third kappa shape index (κ3) is 5.95. The van der Waals surface area contributed by atoms with Gasteiger partial charge in [-0.25, -0.2) is 13.6 Å². The number of carbonyl (C=O) groups is 2. The molecule has 1 amide bonds. The number of carbonyl (C=O) groups excluding carboxylic acids is 1. The molecule has 2 aromatic carbocycles. The molecule has 0 aliphatic carbocycles. The number of hydrogen-bond donors (Lipinski definition) is 2. The summed E-state index contributed by atoms with van der Waals surface area (Å²) in [5, 5.41) is 11.7. The zero-order valence-corrected chi connectivity index (χ0v) is 14.6. The minimum Gasteiger partial charge on any atom is -0.494 e. The highest BCUT2D eigenvalue weighted by Crippen LogP contribution is 2.22. The third-order valence-electron chi connectivity index (χ3n) is 3.67. The van der Waals surface area contributed by atoms with Gasteiger partial charge < -0.3 is 19.9 Å². The predicted octanol–water partition coefficient (Wildman–Crippen LogP) is 3.07. The van der Waals surface area contributed by atoms with Crippen molar-refractivity contribution >= 4 is 11.9 Å². The summed E-state index contributed by atoms with van der Waals surface area (Å²) in [6, 6.07) is 7.87. The lowest BCUT2D eigenvalue weighted by molar-refractivity contribution is -0.142. The zero-order chi connectivity index (χ0) is 19.8. The van der Waals surface area contributed by atoms with Crippen molar-refractivity contribution in [2.24, 2.45) is 0 Å². The van der Waals surface area contributed by atoms with Crippen molar-refractivity contribution in [3.8, 4) is 11.5 Å². The Balaban J connectivity index is 1.87. The fourth-order valence-electron chi connectivity index (χ4n) is 2.36. The molecule has 0 spiro atoms. The molecule has 0 saturated heterocycles. The average Bonchev–Trinajstić information content (AvgIpc) is 2.63. The fraction of sp³-hybridized carbons (Fsp3) is 0.263. The van der Waals surface area contributed by atoms with Crippen LogP contribution in [-0.4, -0.2) is 30.7 Å². The molecular weight excluding hydrogens is 360 g/mol. The Kier molecular flexibility index (Phi) is 7.10. The summed E-state index contributed by atoms with van der Waals surface area (Å²) in [5.41, 5.74) is 0.0881. The molecule has 0 heterocycles. The van der Waals surface area contributed by atoms with Crippen LogP contribution in [0.2, 0.25) is 0 Å². The Hall–Kier alpha value is -3.16. The number of halogens is 2. The van der Waals surface area contributed by atoms with Crippen LogP contribution in [0, 0.1) is 11.6 Å². The SMILES string of the molecule is COc1ccc(C(NC(=O)CCCOc2cccc(F)c2)C(=O)O)cc1F. The lowest BCUT2D eigenvalue weighted by Crippen LogP contribution is -2.33. The maximum absolute atomic E-state index is 13.8. The molecule has 0 aromatic heterocycles. The molecule has 0 fully saturated rings. The van der Waals surface area contributed by atoms with Gasteiger partial charge >= 0.3 is 5.97 Å². The van der Waals surface area contributed by atoms with Gasteiger partial charge in [0.05, 0.1) is 13.7 Å². The van der Waals surface area contributed by atoms with Crippen LogP contribution in [0.3, 0.4) is 0 Å². The van der Waals surface area contributed by atoms with Gasteiger partial charge in [0.15, 0.2) is 17.6 Å². The van der Waals surface area contributed by atoms with E-state index in [4.69, 9.17) is 9.47 Å². The molecule has 1 atom stereocenters. The molecule has 2 N–H and O–H groups in total. The fourth-order valence-corrected chi connectivity index (χ4v) is 2.36. The summed E-state index contributed by atoms with van der Waals surface area (Å²) in [6.45, 7) is 0.159. The van der Waals surface area contributed by atoms with Crippen molar-refractivity contribution in [2.75, 3.05) is 13.7 Å². The summed E-state index contributed by atoms with van der Waals surface area (Å²) in [5.74, 6) is -2.68. The molecule has 0 saturated carbocycles. The van der Waals surface area contributed by atoms with Crippen LogP contribution in [-0.2, 0) is 9.59 Å². The Bertz CT molecular complexity index is 812. The molecule has 6 nitrogen and oxygen atoms in total. The number of hydrogen-bond acceptors (Lipinski definition) is 4. The molecule has 0 bridgehead atoms. The Morgan fingerprint density at radius 3 is 2.59 bits per heavy atom. The second-order valence-electron chi connectivity index (χ2n) is 5.64. The normalized spacial score (nSPS) is 11.5. The lowest BCUT2D eigenvalue weighted by atomic mass is 10.1. The van der Waals surface area contributed by atoms with Gasteiger partial charge in [0.25, 0.3) is 0 Å².